The molecule has 0 aliphatic carbocycles. The summed E-state index contributed by atoms with van der Waals surface area (Å²) in [5.74, 6) is -1.41. The average Bonchev–Trinajstić information content (AvgIpc) is 2.21. The van der Waals surface area contributed by atoms with Crippen molar-refractivity contribution in [1.82, 2.24) is 0 Å². The van der Waals surface area contributed by atoms with E-state index >= 15 is 0 Å². The van der Waals surface area contributed by atoms with E-state index in [0.29, 0.717) is 10.6 Å². The van der Waals surface area contributed by atoms with Gasteiger partial charge in [0.1, 0.15) is 0 Å². The number of aliphatic carboxylic acids is 1. The third-order valence-electron chi connectivity index (χ3n) is 2.27. The standard InChI is InChI=1S/C10H12ClNO4S/c1-6-3-4-8(11)5-9(6)12-17(15,16)7(2)10(13)14/h3-5,7,12H,1-2H3,(H,13,14). The van der Waals surface area contributed by atoms with Gasteiger partial charge in [0.05, 0.1) is 5.69 Å². The predicted molar refractivity (Wildman–Crippen MR) is 65.8 cm³/mol. The van der Waals surface area contributed by atoms with Gasteiger partial charge in [-0.25, -0.2) is 8.42 Å². The van der Waals surface area contributed by atoms with Gasteiger partial charge in [-0.1, -0.05) is 17.7 Å². The number of rotatable bonds is 4. The van der Waals surface area contributed by atoms with Crippen molar-refractivity contribution in [1.29, 1.82) is 0 Å². The van der Waals surface area contributed by atoms with Gasteiger partial charge in [0.15, 0.2) is 5.25 Å². The van der Waals surface area contributed by atoms with Crippen molar-refractivity contribution in [3.8, 4) is 0 Å². The second-order valence-corrected chi connectivity index (χ2v) is 6.02. The van der Waals surface area contributed by atoms with E-state index in [-0.39, 0.29) is 5.69 Å². The Morgan fingerprint density at radius 3 is 2.59 bits per heavy atom. The highest BCUT2D eigenvalue weighted by atomic mass is 35.5. The number of anilines is 1. The van der Waals surface area contributed by atoms with Gasteiger partial charge in [-0.15, -0.1) is 0 Å². The maximum atomic E-state index is 11.7. The van der Waals surface area contributed by atoms with Crippen molar-refractivity contribution in [2.45, 2.75) is 19.1 Å². The minimum absolute atomic E-state index is 0.283. The number of carboxylic acids is 1. The molecule has 0 saturated heterocycles. The lowest BCUT2D eigenvalue weighted by molar-refractivity contribution is -0.136. The fraction of sp³-hybridized carbons (Fsp3) is 0.300. The maximum absolute atomic E-state index is 11.7. The Kier molecular flexibility index (Phi) is 4.00. The lowest BCUT2D eigenvalue weighted by Crippen LogP contribution is -2.32. The molecule has 0 aliphatic rings. The van der Waals surface area contributed by atoms with Crippen LogP contribution in [0, 0.1) is 6.92 Å². The minimum Gasteiger partial charge on any atom is -0.480 e. The molecular formula is C10H12ClNO4S. The van der Waals surface area contributed by atoms with Crippen LogP contribution in [-0.4, -0.2) is 24.7 Å². The highest BCUT2D eigenvalue weighted by Crippen LogP contribution is 2.22. The van der Waals surface area contributed by atoms with Crippen molar-refractivity contribution in [2.75, 3.05) is 4.72 Å². The summed E-state index contributed by atoms with van der Waals surface area (Å²) >= 11 is 5.74. The summed E-state index contributed by atoms with van der Waals surface area (Å²) in [5, 5.41) is 7.52. The van der Waals surface area contributed by atoms with E-state index in [9.17, 15) is 13.2 Å². The SMILES string of the molecule is Cc1ccc(Cl)cc1NS(=O)(=O)C(C)C(=O)O. The predicted octanol–water partition coefficient (Wildman–Crippen LogP) is 1.86. The maximum Gasteiger partial charge on any atom is 0.323 e. The van der Waals surface area contributed by atoms with Gasteiger partial charge in [0.2, 0.25) is 10.0 Å². The Bertz CT molecular complexity index is 541. The normalized spacial score (nSPS) is 13.1. The van der Waals surface area contributed by atoms with Crippen molar-refractivity contribution >= 4 is 33.3 Å². The molecule has 1 aromatic carbocycles. The zero-order chi connectivity index (χ0) is 13.2. The lowest BCUT2D eigenvalue weighted by atomic mass is 10.2. The molecule has 0 saturated carbocycles. The van der Waals surface area contributed by atoms with E-state index in [1.54, 1.807) is 19.1 Å². The summed E-state index contributed by atoms with van der Waals surface area (Å²) in [5.41, 5.74) is 0.946. The van der Waals surface area contributed by atoms with E-state index in [1.165, 1.54) is 6.07 Å². The zero-order valence-electron chi connectivity index (χ0n) is 9.27. The zero-order valence-corrected chi connectivity index (χ0v) is 10.8. The Balaban J connectivity index is 3.06. The Morgan fingerprint density at radius 1 is 1.47 bits per heavy atom. The van der Waals surface area contributed by atoms with Crippen LogP contribution in [0.5, 0.6) is 0 Å². The van der Waals surface area contributed by atoms with Gasteiger partial charge in [-0.2, -0.15) is 0 Å². The van der Waals surface area contributed by atoms with E-state index in [1.807, 2.05) is 0 Å². The summed E-state index contributed by atoms with van der Waals surface area (Å²) in [6.07, 6.45) is 0. The van der Waals surface area contributed by atoms with Crippen LogP contribution in [0.1, 0.15) is 12.5 Å². The molecule has 5 nitrogen and oxygen atoms in total. The van der Waals surface area contributed by atoms with Gasteiger partial charge in [0.25, 0.3) is 0 Å². The Hall–Kier alpha value is -1.27. The lowest BCUT2D eigenvalue weighted by Gasteiger charge is -2.13. The molecule has 17 heavy (non-hydrogen) atoms. The summed E-state index contributed by atoms with van der Waals surface area (Å²) in [6, 6.07) is 4.70. The molecular weight excluding hydrogens is 266 g/mol. The summed E-state index contributed by atoms with van der Waals surface area (Å²) in [4.78, 5) is 10.6. The molecule has 0 fully saturated rings. The number of hydrogen-bond acceptors (Lipinski definition) is 3. The third-order valence-corrected chi connectivity index (χ3v) is 4.14. The van der Waals surface area contributed by atoms with Crippen molar-refractivity contribution in [3.63, 3.8) is 0 Å². The Morgan fingerprint density at radius 2 is 2.06 bits per heavy atom. The van der Waals surface area contributed by atoms with Crippen molar-refractivity contribution in [2.24, 2.45) is 0 Å². The molecule has 94 valence electrons. The van der Waals surface area contributed by atoms with Crippen LogP contribution in [0.2, 0.25) is 5.02 Å². The molecule has 0 aliphatic heterocycles. The molecule has 0 aromatic heterocycles. The van der Waals surface area contributed by atoms with Gasteiger partial charge in [0, 0.05) is 5.02 Å². The molecule has 0 heterocycles. The molecule has 7 heteroatoms. The van der Waals surface area contributed by atoms with Gasteiger partial charge in [-0.3, -0.25) is 9.52 Å². The minimum atomic E-state index is -3.96. The van der Waals surface area contributed by atoms with Crippen molar-refractivity contribution in [3.05, 3.63) is 28.8 Å². The first-order chi connectivity index (χ1) is 7.74. The second-order valence-electron chi connectivity index (χ2n) is 3.59. The van der Waals surface area contributed by atoms with Crippen LogP contribution in [-0.2, 0) is 14.8 Å². The average molecular weight is 278 g/mol. The van der Waals surface area contributed by atoms with E-state index in [4.69, 9.17) is 16.7 Å². The molecule has 0 spiro atoms. The fourth-order valence-electron chi connectivity index (χ4n) is 1.08. The smallest absolute Gasteiger partial charge is 0.323 e. The number of nitrogens with one attached hydrogen (secondary N) is 1. The Labute approximate surface area is 104 Å². The van der Waals surface area contributed by atoms with Crippen LogP contribution in [0.25, 0.3) is 0 Å². The number of halogens is 1. The summed E-state index contributed by atoms with van der Waals surface area (Å²) < 4.78 is 25.6. The molecule has 1 atom stereocenters. The highest BCUT2D eigenvalue weighted by molar-refractivity contribution is 7.94. The van der Waals surface area contributed by atoms with Gasteiger partial charge < -0.3 is 5.11 Å². The number of sulfonamides is 1. The van der Waals surface area contributed by atoms with Gasteiger partial charge in [-0.05, 0) is 31.5 Å². The largest absolute Gasteiger partial charge is 0.480 e. The number of aryl methyl sites for hydroxylation is 1. The number of hydrogen-bond donors (Lipinski definition) is 2. The topological polar surface area (TPSA) is 83.5 Å². The number of benzene rings is 1. The molecule has 2 N–H and O–H groups in total. The molecule has 1 rings (SSSR count). The van der Waals surface area contributed by atoms with Gasteiger partial charge >= 0.3 is 5.97 Å². The molecule has 1 unspecified atom stereocenters. The first-order valence-electron chi connectivity index (χ1n) is 4.74. The van der Waals surface area contributed by atoms with Crippen LogP contribution in [0.4, 0.5) is 5.69 Å². The van der Waals surface area contributed by atoms with Crippen LogP contribution < -0.4 is 4.72 Å². The summed E-state index contributed by atoms with van der Waals surface area (Å²) in [7, 11) is -3.96. The van der Waals surface area contributed by atoms with Crippen molar-refractivity contribution < 1.29 is 18.3 Å². The van der Waals surface area contributed by atoms with E-state index in [2.05, 4.69) is 4.72 Å². The first-order valence-corrected chi connectivity index (χ1v) is 6.67. The number of carboxylic acid groups (broad SMARTS) is 1. The first kappa shape index (κ1) is 13.8. The highest BCUT2D eigenvalue weighted by Gasteiger charge is 2.27. The molecule has 0 bridgehead atoms. The molecule has 1 aromatic rings. The summed E-state index contributed by atoms with van der Waals surface area (Å²) in [6.45, 7) is 2.80. The fourth-order valence-corrected chi connectivity index (χ4v) is 2.22. The quantitative estimate of drug-likeness (QED) is 0.880. The molecule has 0 amide bonds. The third kappa shape index (κ3) is 3.34. The van der Waals surface area contributed by atoms with Crippen LogP contribution in [0.15, 0.2) is 18.2 Å². The van der Waals surface area contributed by atoms with Crippen LogP contribution >= 0.6 is 11.6 Å². The monoisotopic (exact) mass is 277 g/mol. The molecule has 0 radical (unpaired) electrons. The number of carbonyl (C=O) groups is 1. The second kappa shape index (κ2) is 4.93. The van der Waals surface area contributed by atoms with E-state index < -0.39 is 21.2 Å². The van der Waals surface area contributed by atoms with E-state index in [0.717, 1.165) is 6.92 Å². The van der Waals surface area contributed by atoms with Crippen LogP contribution in [0.3, 0.4) is 0 Å².